The number of ether oxygens (including phenoxy) is 2. The number of rotatable bonds is 4. The number of methoxy groups -OCH3 is 2. The van der Waals surface area contributed by atoms with Gasteiger partial charge in [0.1, 0.15) is 0 Å². The lowest BCUT2D eigenvalue weighted by Gasteiger charge is -2.19. The summed E-state index contributed by atoms with van der Waals surface area (Å²) in [6, 6.07) is 5.25. The lowest BCUT2D eigenvalue weighted by molar-refractivity contribution is -0.119. The van der Waals surface area contributed by atoms with Crippen LogP contribution in [0.1, 0.15) is 11.1 Å². The Balaban J connectivity index is 2.32. The topological polar surface area (TPSA) is 89.3 Å². The summed E-state index contributed by atoms with van der Waals surface area (Å²) in [4.78, 5) is 30.9. The van der Waals surface area contributed by atoms with Gasteiger partial charge in [-0.05, 0) is 30.4 Å². The molecule has 1 aliphatic heterocycles. The molecule has 0 spiro atoms. The first kappa shape index (κ1) is 18.9. The smallest absolute Gasteiger partial charge is 0.319 e. The lowest BCUT2D eigenvalue weighted by Crippen LogP contribution is -2.33. The number of isothiocyanates is 1. The Hall–Kier alpha value is -2.87. The molecule has 0 saturated carbocycles. The molecule has 1 unspecified atom stereocenters. The van der Waals surface area contributed by atoms with Crippen LogP contribution < -0.4 is 14.4 Å². The van der Waals surface area contributed by atoms with Gasteiger partial charge in [-0.2, -0.15) is 9.98 Å². The van der Waals surface area contributed by atoms with Gasteiger partial charge < -0.3 is 14.4 Å². The predicted molar refractivity (Wildman–Crippen MR) is 104 cm³/mol. The predicted octanol–water partition coefficient (Wildman–Crippen LogP) is 2.39. The second kappa shape index (κ2) is 7.79. The number of hydrogen-bond donors (Lipinski definition) is 0. The van der Waals surface area contributed by atoms with Crippen molar-refractivity contribution in [3.63, 3.8) is 0 Å². The number of hydrogen-bond acceptors (Lipinski definition) is 8. The Labute approximate surface area is 165 Å². The number of nitrogens with zero attached hydrogens (tertiary/aromatic N) is 5. The molecule has 2 heterocycles. The van der Waals surface area contributed by atoms with Crippen LogP contribution in [0.2, 0.25) is 5.02 Å². The van der Waals surface area contributed by atoms with Gasteiger partial charge in [0, 0.05) is 23.8 Å². The molecular weight excluding hydrogens is 390 g/mol. The highest BCUT2D eigenvalue weighted by Gasteiger charge is 2.31. The minimum absolute atomic E-state index is 0.137. The molecule has 1 aromatic heterocycles. The second-order valence-corrected chi connectivity index (χ2v) is 6.03. The number of halogens is 1. The molecule has 0 aliphatic carbocycles. The highest BCUT2D eigenvalue weighted by Crippen LogP contribution is 2.32. The number of anilines is 1. The van der Waals surface area contributed by atoms with Crippen molar-refractivity contribution in [2.75, 3.05) is 26.2 Å². The van der Waals surface area contributed by atoms with Crippen LogP contribution >= 0.6 is 23.8 Å². The van der Waals surface area contributed by atoms with Crippen molar-refractivity contribution in [1.82, 2.24) is 9.97 Å². The number of thiocarbonyl (C=S) groups is 1. The molecule has 3 rings (SSSR count). The van der Waals surface area contributed by atoms with Crippen LogP contribution in [0.3, 0.4) is 0 Å². The number of benzodiazepines with no additional fused rings is 1. The average molecular weight is 404 g/mol. The molecule has 1 aromatic carbocycles. The number of likely N-dealkylation sites (N-methyl/N-ethyl adjacent to an activating group) is 1. The zero-order valence-corrected chi connectivity index (χ0v) is 16.2. The quantitative estimate of drug-likeness (QED) is 0.575. The first-order valence-electron chi connectivity index (χ1n) is 7.67. The van der Waals surface area contributed by atoms with Gasteiger partial charge in [-0.1, -0.05) is 11.6 Å². The molecule has 0 saturated heterocycles. The molecule has 0 fully saturated rings. The van der Waals surface area contributed by atoms with E-state index in [9.17, 15) is 4.79 Å². The van der Waals surface area contributed by atoms with Crippen LogP contribution in [-0.2, 0) is 4.79 Å². The molecule has 10 heteroatoms. The maximum atomic E-state index is 12.7. The summed E-state index contributed by atoms with van der Waals surface area (Å²) < 4.78 is 10.4. The molecule has 1 aliphatic rings. The van der Waals surface area contributed by atoms with Crippen molar-refractivity contribution in [2.45, 2.75) is 6.17 Å². The minimum atomic E-state index is -1.10. The summed E-state index contributed by atoms with van der Waals surface area (Å²) in [5.74, 6) is -0.132. The number of carbonyl (C=O) groups excluding carboxylic acids is 1. The van der Waals surface area contributed by atoms with Crippen molar-refractivity contribution in [3.8, 4) is 11.9 Å². The van der Waals surface area contributed by atoms with Gasteiger partial charge in [0.05, 0.1) is 36.3 Å². The Morgan fingerprint density at radius 3 is 2.74 bits per heavy atom. The van der Waals surface area contributed by atoms with Crippen molar-refractivity contribution in [2.24, 2.45) is 9.98 Å². The van der Waals surface area contributed by atoms with Crippen molar-refractivity contribution in [3.05, 3.63) is 40.5 Å². The third-order valence-corrected chi connectivity index (χ3v) is 4.26. The van der Waals surface area contributed by atoms with Crippen molar-refractivity contribution < 1.29 is 14.3 Å². The standard InChI is InChI=1S/C17H14ClN5O3S/c1-23-12-5-4-9(18)6-10(12)13(21-14(16(23)24)20-8-27)11-7-19-17(26-3)22-15(11)25-2/h4-7,14H,1-3H3. The Morgan fingerprint density at radius 2 is 2.07 bits per heavy atom. The summed E-state index contributed by atoms with van der Waals surface area (Å²) in [5, 5.41) is 2.70. The van der Waals surface area contributed by atoms with Crippen molar-refractivity contribution in [1.29, 1.82) is 0 Å². The molecule has 1 atom stereocenters. The fourth-order valence-corrected chi connectivity index (χ4v) is 2.92. The number of carbonyl (C=O) groups is 1. The third-order valence-electron chi connectivity index (χ3n) is 3.92. The molecule has 8 nitrogen and oxygen atoms in total. The molecule has 0 radical (unpaired) electrons. The summed E-state index contributed by atoms with van der Waals surface area (Å²) in [5.41, 5.74) is 2.05. The Bertz CT molecular complexity index is 991. The van der Waals surface area contributed by atoms with E-state index in [4.69, 9.17) is 21.1 Å². The van der Waals surface area contributed by atoms with Gasteiger partial charge in [0.2, 0.25) is 12.0 Å². The van der Waals surface area contributed by atoms with E-state index in [0.29, 0.717) is 27.5 Å². The molecule has 138 valence electrons. The largest absolute Gasteiger partial charge is 0.480 e. The maximum absolute atomic E-state index is 12.7. The monoisotopic (exact) mass is 403 g/mol. The van der Waals surface area contributed by atoms with Gasteiger partial charge in [-0.15, -0.1) is 0 Å². The van der Waals surface area contributed by atoms with E-state index in [1.165, 1.54) is 25.3 Å². The van der Waals surface area contributed by atoms with E-state index in [-0.39, 0.29) is 17.8 Å². The molecule has 27 heavy (non-hydrogen) atoms. The number of aromatic nitrogens is 2. The van der Waals surface area contributed by atoms with Crippen molar-refractivity contribution >= 4 is 46.3 Å². The maximum Gasteiger partial charge on any atom is 0.319 e. The summed E-state index contributed by atoms with van der Waals surface area (Å²) >= 11 is 10.9. The van der Waals surface area contributed by atoms with E-state index >= 15 is 0 Å². The van der Waals surface area contributed by atoms with E-state index in [1.807, 2.05) is 0 Å². The van der Waals surface area contributed by atoms with Crippen LogP contribution in [0, 0.1) is 0 Å². The van der Waals surface area contributed by atoms with Gasteiger partial charge >= 0.3 is 6.01 Å². The van der Waals surface area contributed by atoms with Crippen LogP contribution in [0.25, 0.3) is 0 Å². The highest BCUT2D eigenvalue weighted by atomic mass is 35.5. The summed E-state index contributed by atoms with van der Waals surface area (Å²) in [7, 11) is 4.54. The number of fused-ring (bicyclic) bond motifs is 1. The van der Waals surface area contributed by atoms with Gasteiger partial charge in [-0.25, -0.2) is 9.98 Å². The van der Waals surface area contributed by atoms with E-state index in [1.54, 1.807) is 25.2 Å². The number of amides is 1. The first-order chi connectivity index (χ1) is 13.0. The van der Waals surface area contributed by atoms with E-state index in [2.05, 4.69) is 37.3 Å². The SMILES string of the molecule is COc1ncc(C2=NC(N=C=S)C(=O)N(C)c3ccc(Cl)cc32)c(OC)n1. The highest BCUT2D eigenvalue weighted by molar-refractivity contribution is 7.78. The number of benzene rings is 1. The van der Waals surface area contributed by atoms with Gasteiger partial charge in [-0.3, -0.25) is 4.79 Å². The first-order valence-corrected chi connectivity index (χ1v) is 8.46. The third kappa shape index (κ3) is 3.52. The zero-order chi connectivity index (χ0) is 19.6. The van der Waals surface area contributed by atoms with Gasteiger partial charge in [0.25, 0.3) is 5.91 Å². The minimum Gasteiger partial charge on any atom is -0.480 e. The Morgan fingerprint density at radius 1 is 1.30 bits per heavy atom. The summed E-state index contributed by atoms with van der Waals surface area (Å²) in [6.45, 7) is 0. The molecule has 0 N–H and O–H groups in total. The van der Waals surface area contributed by atoms with Crippen LogP contribution in [-0.4, -0.2) is 54.2 Å². The molecule has 0 bridgehead atoms. The van der Waals surface area contributed by atoms with Crippen LogP contribution in [0.15, 0.2) is 34.4 Å². The van der Waals surface area contributed by atoms with Crippen LogP contribution in [0.5, 0.6) is 11.9 Å². The number of aliphatic imine (C=N–C) groups is 2. The molecule has 2 aromatic rings. The van der Waals surface area contributed by atoms with Gasteiger partial charge in [0.15, 0.2) is 0 Å². The van der Waals surface area contributed by atoms with E-state index < -0.39 is 6.17 Å². The molecular formula is C17H14ClN5O3S. The Kier molecular flexibility index (Phi) is 5.46. The van der Waals surface area contributed by atoms with Crippen LogP contribution in [0.4, 0.5) is 5.69 Å². The lowest BCUT2D eigenvalue weighted by atomic mass is 10.0. The average Bonchev–Trinajstić information content (AvgIpc) is 2.78. The summed E-state index contributed by atoms with van der Waals surface area (Å²) in [6.07, 6.45) is 0.405. The molecule has 1 amide bonds. The fraction of sp³-hybridized carbons (Fsp3) is 0.235. The fourth-order valence-electron chi connectivity index (χ4n) is 2.65. The second-order valence-electron chi connectivity index (χ2n) is 5.41. The van der Waals surface area contributed by atoms with E-state index in [0.717, 1.165) is 0 Å². The zero-order valence-electron chi connectivity index (χ0n) is 14.6. The normalized spacial score (nSPS) is 16.0.